The van der Waals surface area contributed by atoms with Crippen molar-refractivity contribution in [1.29, 1.82) is 5.26 Å². The van der Waals surface area contributed by atoms with Gasteiger partial charge in [0.05, 0.1) is 6.07 Å². The monoisotopic (exact) mass is 275 g/mol. The second-order valence-corrected chi connectivity index (χ2v) is 5.31. The van der Waals surface area contributed by atoms with Crippen LogP contribution in [0.4, 0.5) is 0 Å². The first-order chi connectivity index (χ1) is 10.3. The summed E-state index contributed by atoms with van der Waals surface area (Å²) in [5, 5.41) is 9.33. The van der Waals surface area contributed by atoms with E-state index >= 15 is 0 Å². The molecule has 21 heavy (non-hydrogen) atoms. The predicted octanol–water partition coefficient (Wildman–Crippen LogP) is 5.49. The smallest absolute Gasteiger partial charge is 0.0953 e. The van der Waals surface area contributed by atoms with E-state index in [2.05, 4.69) is 37.3 Å². The molecule has 0 aromatic heterocycles. The van der Waals surface area contributed by atoms with Crippen LogP contribution < -0.4 is 0 Å². The molecule has 0 N–H and O–H groups in total. The molecular weight excluding hydrogens is 254 g/mol. The lowest BCUT2D eigenvalue weighted by molar-refractivity contribution is 0.730. The van der Waals surface area contributed by atoms with Crippen LogP contribution in [-0.2, 0) is 0 Å². The Bertz CT molecular complexity index is 593. The van der Waals surface area contributed by atoms with Gasteiger partial charge in [0.2, 0.25) is 0 Å². The summed E-state index contributed by atoms with van der Waals surface area (Å²) in [6.07, 6.45) is 24.6. The van der Waals surface area contributed by atoms with Crippen molar-refractivity contribution in [3.8, 4) is 6.07 Å². The molecule has 1 nitrogen and oxygen atoms in total. The lowest BCUT2D eigenvalue weighted by Crippen LogP contribution is -1.88. The van der Waals surface area contributed by atoms with E-state index in [9.17, 15) is 5.26 Å². The Morgan fingerprint density at radius 1 is 0.810 bits per heavy atom. The molecule has 0 fully saturated rings. The summed E-state index contributed by atoms with van der Waals surface area (Å²) in [7, 11) is 0. The highest BCUT2D eigenvalue weighted by Crippen LogP contribution is 2.21. The van der Waals surface area contributed by atoms with Crippen molar-refractivity contribution in [2.24, 2.45) is 0 Å². The van der Waals surface area contributed by atoms with Gasteiger partial charge >= 0.3 is 0 Å². The number of hydrogen-bond acceptors (Lipinski definition) is 1. The van der Waals surface area contributed by atoms with E-state index in [-0.39, 0.29) is 0 Å². The van der Waals surface area contributed by atoms with Crippen molar-refractivity contribution >= 4 is 0 Å². The molecule has 0 aromatic rings. The minimum absolute atomic E-state index is 0.856. The maximum Gasteiger partial charge on any atom is 0.0953 e. The lowest BCUT2D eigenvalue weighted by Gasteiger charge is -2.05. The Morgan fingerprint density at radius 3 is 1.95 bits per heavy atom. The van der Waals surface area contributed by atoms with E-state index in [1.165, 1.54) is 11.1 Å². The van der Waals surface area contributed by atoms with E-state index in [0.29, 0.717) is 0 Å². The summed E-state index contributed by atoms with van der Waals surface area (Å²) in [4.78, 5) is 0. The Balaban J connectivity index is 1.86. The van der Waals surface area contributed by atoms with Crippen molar-refractivity contribution < 1.29 is 0 Å². The largest absolute Gasteiger partial charge is 0.193 e. The maximum absolute atomic E-state index is 9.33. The number of hydrogen-bond donors (Lipinski definition) is 0. The summed E-state index contributed by atoms with van der Waals surface area (Å²) >= 11 is 0. The first-order valence-electron chi connectivity index (χ1n) is 7.50. The third-order valence-corrected chi connectivity index (χ3v) is 3.75. The second kappa shape index (κ2) is 8.07. The van der Waals surface area contributed by atoms with Gasteiger partial charge in [-0.3, -0.25) is 0 Å². The van der Waals surface area contributed by atoms with Crippen LogP contribution in [0.3, 0.4) is 0 Å². The molecule has 0 aliphatic heterocycles. The summed E-state index contributed by atoms with van der Waals surface area (Å²) in [5.74, 6) is 0. The fourth-order valence-corrected chi connectivity index (χ4v) is 2.46. The number of nitriles is 1. The summed E-state index contributed by atoms with van der Waals surface area (Å²) in [6, 6.07) is 2.36. The average molecular weight is 275 g/mol. The number of unbranched alkanes of at least 4 members (excludes halogenated alkanes) is 1. The third kappa shape index (κ3) is 4.61. The van der Waals surface area contributed by atoms with Crippen molar-refractivity contribution in [1.82, 2.24) is 0 Å². The highest BCUT2D eigenvalue weighted by Gasteiger charge is 2.04. The Kier molecular flexibility index (Phi) is 5.79. The van der Waals surface area contributed by atoms with Crippen LogP contribution in [0, 0.1) is 11.3 Å². The maximum atomic E-state index is 9.33. The molecule has 0 aromatic carbocycles. The topological polar surface area (TPSA) is 23.8 Å². The first-order valence-corrected chi connectivity index (χ1v) is 7.50. The van der Waals surface area contributed by atoms with E-state index in [1.807, 2.05) is 36.5 Å². The number of allylic oxidation sites excluding steroid dienone is 14. The van der Waals surface area contributed by atoms with Gasteiger partial charge in [-0.05, 0) is 43.8 Å². The highest BCUT2D eigenvalue weighted by atomic mass is 14.2. The first kappa shape index (κ1) is 15.1. The quantitative estimate of drug-likeness (QED) is 0.480. The van der Waals surface area contributed by atoms with Gasteiger partial charge in [-0.15, -0.1) is 0 Å². The van der Waals surface area contributed by atoms with Crippen molar-refractivity contribution in [3.05, 3.63) is 83.1 Å². The SMILES string of the molecule is CC(CCCCC(C#N)=C1C=CC=CC=C1)=C1C=CC=C1. The van der Waals surface area contributed by atoms with Gasteiger partial charge in [-0.1, -0.05) is 66.3 Å². The van der Waals surface area contributed by atoms with Crippen LogP contribution >= 0.6 is 0 Å². The molecule has 0 bridgehead atoms. The van der Waals surface area contributed by atoms with Gasteiger partial charge in [0.25, 0.3) is 0 Å². The van der Waals surface area contributed by atoms with E-state index in [4.69, 9.17) is 0 Å². The molecule has 1 heteroatoms. The van der Waals surface area contributed by atoms with E-state index in [1.54, 1.807) is 0 Å². The molecular formula is C20H21N. The zero-order chi connectivity index (χ0) is 14.9. The molecule has 2 rings (SSSR count). The number of nitrogens with zero attached hydrogens (tertiary/aromatic N) is 1. The van der Waals surface area contributed by atoms with Crippen LogP contribution in [0.15, 0.2) is 83.1 Å². The minimum Gasteiger partial charge on any atom is -0.193 e. The summed E-state index contributed by atoms with van der Waals surface area (Å²) in [5.41, 5.74) is 4.70. The standard InChI is InChI=1S/C20H21N/c1-17(18-11-8-9-12-18)10-6-7-15-20(16-21)19-13-4-2-3-5-14-19/h2-5,8-9,11-14H,6-7,10,15H2,1H3. The molecule has 2 aliphatic carbocycles. The van der Waals surface area contributed by atoms with Crippen molar-refractivity contribution in [2.45, 2.75) is 32.6 Å². The zero-order valence-electron chi connectivity index (χ0n) is 12.5. The van der Waals surface area contributed by atoms with E-state index < -0.39 is 0 Å². The van der Waals surface area contributed by atoms with Gasteiger partial charge in [0, 0.05) is 5.57 Å². The molecule has 0 amide bonds. The fourth-order valence-electron chi connectivity index (χ4n) is 2.46. The molecule has 2 aliphatic rings. The van der Waals surface area contributed by atoms with Gasteiger partial charge < -0.3 is 0 Å². The van der Waals surface area contributed by atoms with Crippen molar-refractivity contribution in [3.63, 3.8) is 0 Å². The Hall–Kier alpha value is -2.33. The normalized spacial score (nSPS) is 15.4. The highest BCUT2D eigenvalue weighted by molar-refractivity contribution is 5.45. The fraction of sp³-hybridized carbons (Fsp3) is 0.250. The predicted molar refractivity (Wildman–Crippen MR) is 89.5 cm³/mol. The van der Waals surface area contributed by atoms with Crippen LogP contribution in [-0.4, -0.2) is 0 Å². The van der Waals surface area contributed by atoms with Gasteiger partial charge in [0.1, 0.15) is 0 Å². The molecule has 0 saturated heterocycles. The third-order valence-electron chi connectivity index (χ3n) is 3.75. The van der Waals surface area contributed by atoms with Crippen LogP contribution in [0.25, 0.3) is 0 Å². The number of rotatable bonds is 5. The Labute approximate surface area is 127 Å². The molecule has 0 unspecified atom stereocenters. The molecule has 0 radical (unpaired) electrons. The lowest BCUT2D eigenvalue weighted by atomic mass is 9.99. The Morgan fingerprint density at radius 2 is 1.33 bits per heavy atom. The van der Waals surface area contributed by atoms with Gasteiger partial charge in [-0.25, -0.2) is 0 Å². The molecule has 0 heterocycles. The van der Waals surface area contributed by atoms with Crippen LogP contribution in [0.5, 0.6) is 0 Å². The molecule has 0 atom stereocenters. The average Bonchev–Trinajstić information content (AvgIpc) is 2.91. The molecule has 0 saturated carbocycles. The van der Waals surface area contributed by atoms with Crippen LogP contribution in [0.1, 0.15) is 32.6 Å². The summed E-state index contributed by atoms with van der Waals surface area (Å²) < 4.78 is 0. The van der Waals surface area contributed by atoms with Crippen molar-refractivity contribution in [2.75, 3.05) is 0 Å². The van der Waals surface area contributed by atoms with Crippen LogP contribution in [0.2, 0.25) is 0 Å². The van der Waals surface area contributed by atoms with Gasteiger partial charge in [-0.2, -0.15) is 5.26 Å². The summed E-state index contributed by atoms with van der Waals surface area (Å²) in [6.45, 7) is 2.20. The zero-order valence-corrected chi connectivity index (χ0v) is 12.5. The molecule has 0 spiro atoms. The molecule has 106 valence electrons. The van der Waals surface area contributed by atoms with E-state index in [0.717, 1.165) is 36.8 Å². The van der Waals surface area contributed by atoms with Gasteiger partial charge in [0.15, 0.2) is 0 Å². The second-order valence-electron chi connectivity index (χ2n) is 5.31. The minimum atomic E-state index is 0.856.